The van der Waals surface area contributed by atoms with Gasteiger partial charge in [0.05, 0.1) is 0 Å². The number of carbonyl (C=O) groups is 2. The Bertz CT molecular complexity index is 395. The summed E-state index contributed by atoms with van der Waals surface area (Å²) in [4.78, 5) is 22.3. The van der Waals surface area contributed by atoms with Crippen molar-refractivity contribution in [3.8, 4) is 5.75 Å². The SMILES string of the molecule is CC(=O)C(Oc1cc(Cl)cc(Cl)c1)C(C)=O. The van der Waals surface area contributed by atoms with Gasteiger partial charge < -0.3 is 4.74 Å². The van der Waals surface area contributed by atoms with Crippen LogP contribution in [0.5, 0.6) is 5.75 Å². The van der Waals surface area contributed by atoms with Crippen LogP contribution in [0.3, 0.4) is 0 Å². The Balaban J connectivity index is 2.93. The van der Waals surface area contributed by atoms with Crippen LogP contribution in [0.1, 0.15) is 13.8 Å². The van der Waals surface area contributed by atoms with Crippen molar-refractivity contribution in [2.45, 2.75) is 20.0 Å². The number of Topliss-reactive ketones (excluding diaryl/α,β-unsaturated/α-hetero) is 2. The third kappa shape index (κ3) is 3.51. The van der Waals surface area contributed by atoms with Crippen LogP contribution >= 0.6 is 23.2 Å². The van der Waals surface area contributed by atoms with E-state index in [-0.39, 0.29) is 11.6 Å². The minimum absolute atomic E-state index is 0.299. The van der Waals surface area contributed by atoms with Gasteiger partial charge in [-0.05, 0) is 32.0 Å². The highest BCUT2D eigenvalue weighted by atomic mass is 35.5. The van der Waals surface area contributed by atoms with Gasteiger partial charge >= 0.3 is 0 Å². The fourth-order valence-corrected chi connectivity index (χ4v) is 1.69. The molecule has 0 radical (unpaired) electrons. The summed E-state index contributed by atoms with van der Waals surface area (Å²) in [7, 11) is 0. The van der Waals surface area contributed by atoms with E-state index in [1.807, 2.05) is 0 Å². The van der Waals surface area contributed by atoms with Crippen LogP contribution in [0.2, 0.25) is 10.0 Å². The number of ether oxygens (including phenoxy) is 1. The van der Waals surface area contributed by atoms with E-state index in [0.717, 1.165) is 0 Å². The summed E-state index contributed by atoms with van der Waals surface area (Å²) in [5.74, 6) is -0.417. The molecule has 0 amide bonds. The Morgan fingerprint density at radius 2 is 1.50 bits per heavy atom. The van der Waals surface area contributed by atoms with Crippen molar-refractivity contribution < 1.29 is 14.3 Å². The number of benzene rings is 1. The number of halogens is 2. The van der Waals surface area contributed by atoms with Gasteiger partial charge in [0, 0.05) is 10.0 Å². The van der Waals surface area contributed by atoms with Crippen molar-refractivity contribution >= 4 is 34.8 Å². The molecule has 86 valence electrons. The first-order valence-corrected chi connectivity index (χ1v) is 5.29. The molecule has 1 aromatic rings. The summed E-state index contributed by atoms with van der Waals surface area (Å²) in [5, 5.41) is 0.765. The summed E-state index contributed by atoms with van der Waals surface area (Å²) < 4.78 is 5.23. The molecular formula is C11H10Cl2O3. The molecule has 0 aliphatic carbocycles. The molecule has 0 bridgehead atoms. The molecule has 0 heterocycles. The van der Waals surface area contributed by atoms with E-state index in [0.29, 0.717) is 15.8 Å². The first kappa shape index (κ1) is 13.0. The van der Waals surface area contributed by atoms with Gasteiger partial charge in [-0.3, -0.25) is 9.59 Å². The second-order valence-corrected chi connectivity index (χ2v) is 4.20. The fourth-order valence-electron chi connectivity index (χ4n) is 1.18. The first-order valence-electron chi connectivity index (χ1n) is 4.54. The van der Waals surface area contributed by atoms with Gasteiger partial charge in [-0.1, -0.05) is 23.2 Å². The Kier molecular flexibility index (Phi) is 4.33. The molecule has 5 heteroatoms. The summed E-state index contributed by atoms with van der Waals surface area (Å²) in [6.45, 7) is 2.58. The Labute approximate surface area is 103 Å². The van der Waals surface area contributed by atoms with E-state index in [9.17, 15) is 9.59 Å². The van der Waals surface area contributed by atoms with Crippen LogP contribution in [0, 0.1) is 0 Å². The summed E-state index contributed by atoms with van der Waals surface area (Å²) in [5.41, 5.74) is 0. The molecule has 0 aliphatic heterocycles. The zero-order valence-corrected chi connectivity index (χ0v) is 10.3. The van der Waals surface area contributed by atoms with E-state index in [1.54, 1.807) is 0 Å². The maximum atomic E-state index is 11.1. The predicted octanol–water partition coefficient (Wildman–Crippen LogP) is 2.92. The molecule has 0 N–H and O–H groups in total. The lowest BCUT2D eigenvalue weighted by Gasteiger charge is -2.13. The minimum atomic E-state index is -1.10. The van der Waals surface area contributed by atoms with Crippen molar-refractivity contribution in [1.82, 2.24) is 0 Å². The molecule has 3 nitrogen and oxygen atoms in total. The van der Waals surface area contributed by atoms with Gasteiger partial charge in [-0.25, -0.2) is 0 Å². The lowest BCUT2D eigenvalue weighted by atomic mass is 10.2. The summed E-state index contributed by atoms with van der Waals surface area (Å²) in [6.07, 6.45) is -1.10. The van der Waals surface area contributed by atoms with E-state index < -0.39 is 6.10 Å². The topological polar surface area (TPSA) is 43.4 Å². The largest absolute Gasteiger partial charge is 0.475 e. The molecular weight excluding hydrogens is 251 g/mol. The molecule has 0 aromatic heterocycles. The van der Waals surface area contributed by atoms with E-state index in [4.69, 9.17) is 27.9 Å². The highest BCUT2D eigenvalue weighted by Gasteiger charge is 2.21. The first-order chi connectivity index (χ1) is 7.40. The summed E-state index contributed by atoms with van der Waals surface area (Å²) >= 11 is 11.5. The molecule has 0 spiro atoms. The van der Waals surface area contributed by atoms with Crippen molar-refractivity contribution in [1.29, 1.82) is 0 Å². The molecule has 1 aromatic carbocycles. The predicted molar refractivity (Wildman–Crippen MR) is 62.2 cm³/mol. The van der Waals surface area contributed by atoms with Crippen molar-refractivity contribution in [3.05, 3.63) is 28.2 Å². The zero-order chi connectivity index (χ0) is 12.3. The molecule has 0 saturated carbocycles. The highest BCUT2D eigenvalue weighted by Crippen LogP contribution is 2.25. The fraction of sp³-hybridized carbons (Fsp3) is 0.273. The van der Waals surface area contributed by atoms with Crippen molar-refractivity contribution in [3.63, 3.8) is 0 Å². The number of carbonyl (C=O) groups excluding carboxylic acids is 2. The average molecular weight is 261 g/mol. The average Bonchev–Trinajstić information content (AvgIpc) is 2.11. The van der Waals surface area contributed by atoms with Gasteiger partial charge in [0.2, 0.25) is 6.10 Å². The monoisotopic (exact) mass is 260 g/mol. The molecule has 1 rings (SSSR count). The van der Waals surface area contributed by atoms with Gasteiger partial charge in [0.15, 0.2) is 11.6 Å². The Morgan fingerprint density at radius 1 is 1.06 bits per heavy atom. The van der Waals surface area contributed by atoms with Crippen LogP contribution in [0.25, 0.3) is 0 Å². The zero-order valence-electron chi connectivity index (χ0n) is 8.79. The third-order valence-electron chi connectivity index (χ3n) is 1.83. The van der Waals surface area contributed by atoms with Crippen LogP contribution < -0.4 is 4.74 Å². The molecule has 0 atom stereocenters. The third-order valence-corrected chi connectivity index (χ3v) is 2.26. The standard InChI is InChI=1S/C11H10Cl2O3/c1-6(14)11(7(2)15)16-10-4-8(12)3-9(13)5-10/h3-5,11H,1-2H3. The van der Waals surface area contributed by atoms with Crippen LogP contribution in [0.4, 0.5) is 0 Å². The van der Waals surface area contributed by atoms with Crippen LogP contribution in [-0.2, 0) is 9.59 Å². The Morgan fingerprint density at radius 3 is 1.88 bits per heavy atom. The normalized spacial score (nSPS) is 10.3. The van der Waals surface area contributed by atoms with Gasteiger partial charge in [-0.2, -0.15) is 0 Å². The lowest BCUT2D eigenvalue weighted by molar-refractivity contribution is -0.134. The maximum absolute atomic E-state index is 11.1. The second-order valence-electron chi connectivity index (χ2n) is 3.32. The molecule has 0 fully saturated rings. The van der Waals surface area contributed by atoms with Gasteiger partial charge in [-0.15, -0.1) is 0 Å². The minimum Gasteiger partial charge on any atom is -0.475 e. The highest BCUT2D eigenvalue weighted by molar-refractivity contribution is 6.34. The summed E-state index contributed by atoms with van der Waals surface area (Å²) in [6, 6.07) is 4.52. The van der Waals surface area contributed by atoms with E-state index >= 15 is 0 Å². The van der Waals surface area contributed by atoms with Gasteiger partial charge in [0.25, 0.3) is 0 Å². The molecule has 0 aliphatic rings. The number of hydrogen-bond donors (Lipinski definition) is 0. The number of hydrogen-bond acceptors (Lipinski definition) is 3. The molecule has 16 heavy (non-hydrogen) atoms. The lowest BCUT2D eigenvalue weighted by Crippen LogP contribution is -2.32. The second kappa shape index (κ2) is 5.32. The van der Waals surface area contributed by atoms with Crippen LogP contribution in [0.15, 0.2) is 18.2 Å². The van der Waals surface area contributed by atoms with Crippen molar-refractivity contribution in [2.75, 3.05) is 0 Å². The quantitative estimate of drug-likeness (QED) is 0.782. The van der Waals surface area contributed by atoms with Crippen molar-refractivity contribution in [2.24, 2.45) is 0 Å². The number of rotatable bonds is 4. The molecule has 0 unspecified atom stereocenters. The van der Waals surface area contributed by atoms with Gasteiger partial charge in [0.1, 0.15) is 5.75 Å². The van der Waals surface area contributed by atoms with E-state index in [2.05, 4.69) is 0 Å². The smallest absolute Gasteiger partial charge is 0.214 e. The number of ketones is 2. The Hall–Kier alpha value is -1.06. The maximum Gasteiger partial charge on any atom is 0.214 e. The molecule has 0 saturated heterocycles. The van der Waals surface area contributed by atoms with Crippen LogP contribution in [-0.4, -0.2) is 17.7 Å². The van der Waals surface area contributed by atoms with E-state index in [1.165, 1.54) is 32.0 Å².